The summed E-state index contributed by atoms with van der Waals surface area (Å²) in [6, 6.07) is 26.4. The van der Waals surface area contributed by atoms with Crippen LogP contribution in [0.3, 0.4) is 0 Å². The maximum absolute atomic E-state index is 13.0. The molecule has 2 heterocycles. The highest BCUT2D eigenvalue weighted by Crippen LogP contribution is 2.27. The van der Waals surface area contributed by atoms with Gasteiger partial charge >= 0.3 is 0 Å². The normalized spacial score (nSPS) is 18.2. The Hall–Kier alpha value is -4.58. The van der Waals surface area contributed by atoms with Crippen molar-refractivity contribution >= 4 is 46.8 Å². The van der Waals surface area contributed by atoms with E-state index in [-0.39, 0.29) is 11.8 Å². The summed E-state index contributed by atoms with van der Waals surface area (Å²) >= 11 is 0. The van der Waals surface area contributed by atoms with E-state index in [0.29, 0.717) is 22.6 Å². The minimum atomic E-state index is -0.167. The summed E-state index contributed by atoms with van der Waals surface area (Å²) in [5.74, 6) is -0.334. The molecule has 0 saturated carbocycles. The van der Waals surface area contributed by atoms with Gasteiger partial charge in [0.15, 0.2) is 0 Å². The Morgan fingerprint density at radius 2 is 1.00 bits per heavy atom. The van der Waals surface area contributed by atoms with Crippen molar-refractivity contribution in [3.05, 3.63) is 107 Å². The number of carbonyl (C=O) groups excluding carboxylic acids is 2. The van der Waals surface area contributed by atoms with Crippen molar-refractivity contribution in [2.45, 2.75) is 13.8 Å². The molecule has 6 heteroatoms. The third kappa shape index (κ3) is 3.97. The second kappa shape index (κ2) is 8.75. The Morgan fingerprint density at radius 3 is 1.41 bits per heavy atom. The standard InChI is InChI=1S/C28H22N4O2/c1-19-25(27(33)31(29-19)23-12-5-3-6-13-23)17-21-10-9-11-22(16-21)18-26-20(2)30-32(28(26)34)24-14-7-4-8-15-24/h3-18H,1-2H3. The highest BCUT2D eigenvalue weighted by atomic mass is 16.2. The van der Waals surface area contributed by atoms with Gasteiger partial charge < -0.3 is 0 Å². The third-order valence-electron chi connectivity index (χ3n) is 5.66. The molecule has 0 saturated heterocycles. The number of hydrazone groups is 2. The monoisotopic (exact) mass is 446 g/mol. The zero-order chi connectivity index (χ0) is 23.7. The van der Waals surface area contributed by atoms with Gasteiger partial charge in [-0.3, -0.25) is 9.59 Å². The van der Waals surface area contributed by atoms with Crippen molar-refractivity contribution in [1.82, 2.24) is 0 Å². The summed E-state index contributed by atoms with van der Waals surface area (Å²) in [4.78, 5) is 26.0. The van der Waals surface area contributed by atoms with Crippen LogP contribution < -0.4 is 10.0 Å². The molecular formula is C28H22N4O2. The molecule has 0 bridgehead atoms. The fourth-order valence-electron chi connectivity index (χ4n) is 3.93. The number of carbonyl (C=O) groups is 2. The van der Waals surface area contributed by atoms with Crippen molar-refractivity contribution < 1.29 is 9.59 Å². The van der Waals surface area contributed by atoms with E-state index < -0.39 is 0 Å². The van der Waals surface area contributed by atoms with Gasteiger partial charge in [0.25, 0.3) is 11.8 Å². The second-order valence-electron chi connectivity index (χ2n) is 8.06. The zero-order valence-corrected chi connectivity index (χ0v) is 18.8. The van der Waals surface area contributed by atoms with Gasteiger partial charge in [0, 0.05) is 0 Å². The molecule has 34 heavy (non-hydrogen) atoms. The average molecular weight is 447 g/mol. The average Bonchev–Trinajstić information content (AvgIpc) is 3.30. The van der Waals surface area contributed by atoms with Gasteiger partial charge in [0.2, 0.25) is 0 Å². The molecule has 3 aromatic carbocycles. The Morgan fingerprint density at radius 1 is 0.588 bits per heavy atom. The fourth-order valence-corrected chi connectivity index (χ4v) is 3.93. The van der Waals surface area contributed by atoms with Crippen LogP contribution in [0.15, 0.2) is 106 Å². The molecule has 0 fully saturated rings. The summed E-state index contributed by atoms with van der Waals surface area (Å²) < 4.78 is 0. The molecule has 2 aliphatic heterocycles. The number of anilines is 2. The van der Waals surface area contributed by atoms with E-state index in [2.05, 4.69) is 10.2 Å². The van der Waals surface area contributed by atoms with Crippen LogP contribution in [0.1, 0.15) is 25.0 Å². The first-order chi connectivity index (χ1) is 16.5. The van der Waals surface area contributed by atoms with Crippen molar-refractivity contribution in [3.63, 3.8) is 0 Å². The van der Waals surface area contributed by atoms with Crippen molar-refractivity contribution in [3.8, 4) is 0 Å². The SMILES string of the molecule is CC1=NN(c2ccccc2)C(=O)C1=Cc1cccc(C=C2C(=O)N(c3ccccc3)N=C2C)c1. The number of rotatable bonds is 4. The van der Waals surface area contributed by atoms with Crippen LogP contribution in [0.4, 0.5) is 11.4 Å². The van der Waals surface area contributed by atoms with Gasteiger partial charge in [-0.05, 0) is 67.5 Å². The van der Waals surface area contributed by atoms with Crippen LogP contribution in [0.25, 0.3) is 12.2 Å². The Balaban J connectivity index is 1.42. The minimum Gasteiger partial charge on any atom is -0.267 e. The number of hydrogen-bond donors (Lipinski definition) is 0. The van der Waals surface area contributed by atoms with Gasteiger partial charge in [0.1, 0.15) is 0 Å². The molecule has 2 aliphatic rings. The van der Waals surface area contributed by atoms with E-state index in [0.717, 1.165) is 22.5 Å². The van der Waals surface area contributed by atoms with Gasteiger partial charge in [-0.1, -0.05) is 54.6 Å². The molecule has 6 nitrogen and oxygen atoms in total. The maximum atomic E-state index is 13.0. The van der Waals surface area contributed by atoms with E-state index in [1.54, 1.807) is 0 Å². The molecule has 0 radical (unpaired) electrons. The van der Waals surface area contributed by atoms with E-state index in [9.17, 15) is 9.59 Å². The van der Waals surface area contributed by atoms with Gasteiger partial charge in [-0.2, -0.15) is 20.2 Å². The summed E-state index contributed by atoms with van der Waals surface area (Å²) in [5.41, 5.74) is 5.55. The summed E-state index contributed by atoms with van der Waals surface area (Å²) in [6.07, 6.45) is 3.67. The van der Waals surface area contributed by atoms with E-state index >= 15 is 0 Å². The molecular weight excluding hydrogens is 424 g/mol. The van der Waals surface area contributed by atoms with Crippen molar-refractivity contribution in [2.24, 2.45) is 10.2 Å². The zero-order valence-electron chi connectivity index (χ0n) is 18.8. The number of hydrogen-bond acceptors (Lipinski definition) is 4. The number of para-hydroxylation sites is 2. The molecule has 166 valence electrons. The number of nitrogens with zero attached hydrogens (tertiary/aromatic N) is 4. The molecule has 0 aliphatic carbocycles. The second-order valence-corrected chi connectivity index (χ2v) is 8.06. The molecule has 2 amide bonds. The topological polar surface area (TPSA) is 65.3 Å². The smallest absolute Gasteiger partial charge is 0.267 e. The lowest BCUT2D eigenvalue weighted by atomic mass is 10.0. The van der Waals surface area contributed by atoms with Gasteiger partial charge in [0.05, 0.1) is 33.9 Å². The van der Waals surface area contributed by atoms with Gasteiger partial charge in [-0.15, -0.1) is 0 Å². The quantitative estimate of drug-likeness (QED) is 0.511. The largest absolute Gasteiger partial charge is 0.280 e. The lowest BCUT2D eigenvalue weighted by Crippen LogP contribution is -2.21. The summed E-state index contributed by atoms with van der Waals surface area (Å²) in [6.45, 7) is 3.65. The Bertz CT molecular complexity index is 1300. The molecule has 0 spiro atoms. The molecule has 5 rings (SSSR count). The lowest BCUT2D eigenvalue weighted by Gasteiger charge is -2.11. The lowest BCUT2D eigenvalue weighted by molar-refractivity contribution is -0.115. The van der Waals surface area contributed by atoms with Crippen LogP contribution in [0, 0.1) is 0 Å². The van der Waals surface area contributed by atoms with Gasteiger partial charge in [-0.25, -0.2) is 0 Å². The summed E-state index contributed by atoms with van der Waals surface area (Å²) in [7, 11) is 0. The summed E-state index contributed by atoms with van der Waals surface area (Å²) in [5, 5.41) is 11.7. The highest BCUT2D eigenvalue weighted by molar-refractivity contribution is 6.33. The van der Waals surface area contributed by atoms with E-state index in [1.807, 2.05) is 111 Å². The first-order valence-electron chi connectivity index (χ1n) is 10.9. The first kappa shape index (κ1) is 21.3. The Kier molecular flexibility index (Phi) is 5.47. The predicted octanol–water partition coefficient (Wildman–Crippen LogP) is 5.30. The predicted molar refractivity (Wildman–Crippen MR) is 136 cm³/mol. The molecule has 0 atom stereocenters. The Labute approximate surface area is 197 Å². The third-order valence-corrected chi connectivity index (χ3v) is 5.66. The van der Waals surface area contributed by atoms with E-state index in [4.69, 9.17) is 0 Å². The highest BCUT2D eigenvalue weighted by Gasteiger charge is 2.29. The van der Waals surface area contributed by atoms with Crippen LogP contribution in [0.5, 0.6) is 0 Å². The van der Waals surface area contributed by atoms with Crippen LogP contribution >= 0.6 is 0 Å². The van der Waals surface area contributed by atoms with Crippen LogP contribution in [-0.4, -0.2) is 23.2 Å². The van der Waals surface area contributed by atoms with Crippen molar-refractivity contribution in [2.75, 3.05) is 10.0 Å². The molecule has 3 aromatic rings. The maximum Gasteiger partial charge on any atom is 0.280 e. The molecule has 0 N–H and O–H groups in total. The van der Waals surface area contributed by atoms with E-state index in [1.165, 1.54) is 10.0 Å². The van der Waals surface area contributed by atoms with Crippen LogP contribution in [0.2, 0.25) is 0 Å². The minimum absolute atomic E-state index is 0.167. The first-order valence-corrected chi connectivity index (χ1v) is 10.9. The van der Waals surface area contributed by atoms with Crippen molar-refractivity contribution in [1.29, 1.82) is 0 Å². The number of benzene rings is 3. The fraction of sp³-hybridized carbons (Fsp3) is 0.0714. The van der Waals surface area contributed by atoms with Crippen LogP contribution in [-0.2, 0) is 9.59 Å². The molecule has 0 aromatic heterocycles. The number of amides is 2. The molecule has 0 unspecified atom stereocenters.